The molecular weight excluding hydrogens is 258 g/mol. The summed E-state index contributed by atoms with van der Waals surface area (Å²) in [5.41, 5.74) is 1.86. The molecule has 1 saturated carbocycles. The minimum absolute atomic E-state index is 0.452. The number of likely N-dealkylation sites (tertiary alicyclic amines) is 1. The molecule has 3 rings (SSSR count). The van der Waals surface area contributed by atoms with E-state index in [2.05, 4.69) is 40.3 Å². The largest absolute Gasteiger partial charge is 0.357 e. The van der Waals surface area contributed by atoms with E-state index >= 15 is 0 Å². The van der Waals surface area contributed by atoms with Crippen molar-refractivity contribution in [2.45, 2.75) is 63.5 Å². The molecule has 2 fully saturated rings. The number of hydrogen-bond acceptors (Lipinski definition) is 2. The van der Waals surface area contributed by atoms with Crippen LogP contribution >= 0.6 is 0 Å². The van der Waals surface area contributed by atoms with Gasteiger partial charge in [-0.1, -0.05) is 25.7 Å². The summed E-state index contributed by atoms with van der Waals surface area (Å²) in [7, 11) is 2.10. The number of nitrogens with one attached hydrogen (secondary N) is 1. The van der Waals surface area contributed by atoms with Gasteiger partial charge in [-0.25, -0.2) is 0 Å². The van der Waals surface area contributed by atoms with E-state index in [4.69, 9.17) is 0 Å². The first-order valence-corrected chi connectivity index (χ1v) is 8.85. The number of rotatable bonds is 5. The van der Waals surface area contributed by atoms with Gasteiger partial charge in [0.1, 0.15) is 0 Å². The van der Waals surface area contributed by atoms with Crippen LogP contribution in [0.3, 0.4) is 0 Å². The topological polar surface area (TPSA) is 20.2 Å². The van der Waals surface area contributed by atoms with Gasteiger partial charge in [0.15, 0.2) is 0 Å². The van der Waals surface area contributed by atoms with Gasteiger partial charge in [0.05, 0.1) is 0 Å². The van der Waals surface area contributed by atoms with Crippen molar-refractivity contribution in [3.8, 4) is 0 Å². The van der Waals surface area contributed by atoms with Gasteiger partial charge >= 0.3 is 0 Å². The molecule has 0 aromatic carbocycles. The molecule has 2 aliphatic rings. The first-order valence-electron chi connectivity index (χ1n) is 8.85. The van der Waals surface area contributed by atoms with E-state index in [-0.39, 0.29) is 0 Å². The first-order chi connectivity index (χ1) is 10.3. The van der Waals surface area contributed by atoms with Gasteiger partial charge in [0, 0.05) is 38.1 Å². The number of aryl methyl sites for hydroxylation is 1. The van der Waals surface area contributed by atoms with Crippen molar-refractivity contribution in [3.05, 3.63) is 24.0 Å². The monoisotopic (exact) mass is 289 g/mol. The van der Waals surface area contributed by atoms with Gasteiger partial charge < -0.3 is 9.88 Å². The number of hydrogen-bond donors (Lipinski definition) is 1. The highest BCUT2D eigenvalue weighted by atomic mass is 15.2. The van der Waals surface area contributed by atoms with Crippen molar-refractivity contribution >= 4 is 0 Å². The third-order valence-electron chi connectivity index (χ3n) is 5.49. The second-order valence-electron chi connectivity index (χ2n) is 7.12. The van der Waals surface area contributed by atoms with Crippen LogP contribution in [0.4, 0.5) is 0 Å². The Hall–Kier alpha value is -0.800. The summed E-state index contributed by atoms with van der Waals surface area (Å²) in [6, 6.07) is 2.22. The van der Waals surface area contributed by atoms with E-state index in [1.807, 2.05) is 0 Å². The van der Waals surface area contributed by atoms with Gasteiger partial charge in [0.2, 0.25) is 0 Å². The maximum absolute atomic E-state index is 3.77. The predicted octanol–water partition coefficient (Wildman–Crippen LogP) is 3.30. The number of piperidine rings is 1. The summed E-state index contributed by atoms with van der Waals surface area (Å²) in [5.74, 6) is 0. The predicted molar refractivity (Wildman–Crippen MR) is 88.4 cm³/mol. The van der Waals surface area contributed by atoms with Crippen molar-refractivity contribution in [2.75, 3.05) is 19.6 Å². The fourth-order valence-electron chi connectivity index (χ4n) is 4.29. The Kier molecular flexibility index (Phi) is 5.02. The molecule has 0 radical (unpaired) electrons. The highest BCUT2D eigenvalue weighted by Gasteiger charge is 2.37. The maximum Gasteiger partial charge on any atom is 0.0334 e. The van der Waals surface area contributed by atoms with Crippen molar-refractivity contribution in [1.29, 1.82) is 0 Å². The van der Waals surface area contributed by atoms with Crippen molar-refractivity contribution in [3.63, 3.8) is 0 Å². The molecule has 1 saturated heterocycles. The SMILES string of the molecule is Cn1ccc(CNCC2(N3CCCCC3)CCCCC2)c1. The summed E-state index contributed by atoms with van der Waals surface area (Å²) in [6.07, 6.45) is 15.7. The van der Waals surface area contributed by atoms with Gasteiger partial charge in [-0.2, -0.15) is 0 Å². The Balaban J connectivity index is 1.59. The molecule has 0 bridgehead atoms. The highest BCUT2D eigenvalue weighted by molar-refractivity contribution is 5.09. The summed E-state index contributed by atoms with van der Waals surface area (Å²) >= 11 is 0. The van der Waals surface area contributed by atoms with E-state index in [0.717, 1.165) is 6.54 Å². The fraction of sp³-hybridized carbons (Fsp3) is 0.778. The van der Waals surface area contributed by atoms with E-state index in [1.54, 1.807) is 0 Å². The lowest BCUT2D eigenvalue weighted by Gasteiger charge is -2.48. The van der Waals surface area contributed by atoms with E-state index in [0.29, 0.717) is 5.54 Å². The Labute approximate surface area is 129 Å². The molecule has 2 heterocycles. The first kappa shape index (κ1) is 15.1. The second-order valence-corrected chi connectivity index (χ2v) is 7.12. The molecule has 1 aliphatic carbocycles. The molecule has 1 aromatic rings. The minimum Gasteiger partial charge on any atom is -0.357 e. The Morgan fingerprint density at radius 3 is 2.43 bits per heavy atom. The third kappa shape index (κ3) is 3.70. The summed E-state index contributed by atoms with van der Waals surface area (Å²) in [6.45, 7) is 4.83. The van der Waals surface area contributed by atoms with Gasteiger partial charge in [0.25, 0.3) is 0 Å². The van der Waals surface area contributed by atoms with Crippen LogP contribution in [0.25, 0.3) is 0 Å². The van der Waals surface area contributed by atoms with Crippen LogP contribution in [0.1, 0.15) is 56.9 Å². The Bertz CT molecular complexity index is 425. The van der Waals surface area contributed by atoms with E-state index in [1.165, 1.54) is 76.6 Å². The standard InChI is InChI=1S/C18H31N3/c1-20-13-8-17(15-20)14-19-16-18(9-4-2-5-10-18)21-11-6-3-7-12-21/h8,13,15,19H,2-7,9-12,14,16H2,1H3. The van der Waals surface area contributed by atoms with Gasteiger partial charge in [-0.05, 0) is 50.4 Å². The summed E-state index contributed by atoms with van der Waals surface area (Å²) in [5, 5.41) is 3.77. The van der Waals surface area contributed by atoms with Crippen LogP contribution < -0.4 is 5.32 Å². The molecule has 21 heavy (non-hydrogen) atoms. The lowest BCUT2D eigenvalue weighted by atomic mass is 9.79. The zero-order chi connectivity index (χ0) is 14.5. The number of aromatic nitrogens is 1. The lowest BCUT2D eigenvalue weighted by Crippen LogP contribution is -2.57. The molecule has 0 spiro atoms. The molecular formula is C18H31N3. The van der Waals surface area contributed by atoms with Gasteiger partial charge in [-0.3, -0.25) is 4.90 Å². The van der Waals surface area contributed by atoms with Crippen LogP contribution in [-0.4, -0.2) is 34.6 Å². The zero-order valence-corrected chi connectivity index (χ0v) is 13.6. The summed E-state index contributed by atoms with van der Waals surface area (Å²) < 4.78 is 2.14. The molecule has 3 nitrogen and oxygen atoms in total. The quantitative estimate of drug-likeness (QED) is 0.897. The van der Waals surface area contributed by atoms with Crippen LogP contribution in [0, 0.1) is 0 Å². The average molecular weight is 289 g/mol. The van der Waals surface area contributed by atoms with Crippen molar-refractivity contribution in [1.82, 2.24) is 14.8 Å². The smallest absolute Gasteiger partial charge is 0.0334 e. The normalized spacial score (nSPS) is 23.3. The van der Waals surface area contributed by atoms with E-state index in [9.17, 15) is 0 Å². The molecule has 1 aliphatic heterocycles. The Morgan fingerprint density at radius 1 is 1.05 bits per heavy atom. The van der Waals surface area contributed by atoms with Crippen LogP contribution in [0.2, 0.25) is 0 Å². The molecule has 0 unspecified atom stereocenters. The zero-order valence-electron chi connectivity index (χ0n) is 13.6. The van der Waals surface area contributed by atoms with Crippen molar-refractivity contribution in [2.24, 2.45) is 7.05 Å². The summed E-state index contributed by atoms with van der Waals surface area (Å²) in [4.78, 5) is 2.83. The van der Waals surface area contributed by atoms with Crippen molar-refractivity contribution < 1.29 is 0 Å². The minimum atomic E-state index is 0.452. The molecule has 1 aromatic heterocycles. The van der Waals surface area contributed by atoms with E-state index < -0.39 is 0 Å². The van der Waals surface area contributed by atoms with Crippen LogP contribution in [0.5, 0.6) is 0 Å². The number of nitrogens with zero attached hydrogens (tertiary/aromatic N) is 2. The molecule has 0 atom stereocenters. The highest BCUT2D eigenvalue weighted by Crippen LogP contribution is 2.35. The molecule has 0 amide bonds. The van der Waals surface area contributed by atoms with Crippen LogP contribution in [-0.2, 0) is 13.6 Å². The average Bonchev–Trinajstić information content (AvgIpc) is 2.95. The molecule has 3 heteroatoms. The third-order valence-corrected chi connectivity index (χ3v) is 5.49. The van der Waals surface area contributed by atoms with Gasteiger partial charge in [-0.15, -0.1) is 0 Å². The second kappa shape index (κ2) is 6.97. The maximum atomic E-state index is 3.77. The lowest BCUT2D eigenvalue weighted by molar-refractivity contribution is 0.0333. The molecule has 1 N–H and O–H groups in total. The van der Waals surface area contributed by atoms with Crippen LogP contribution in [0.15, 0.2) is 18.5 Å². The molecule has 118 valence electrons. The fourth-order valence-corrected chi connectivity index (χ4v) is 4.29. The Morgan fingerprint density at radius 2 is 1.76 bits per heavy atom.